The molecule has 2 N–H and O–H groups in total. The molecule has 22 heavy (non-hydrogen) atoms. The van der Waals surface area contributed by atoms with Crippen molar-refractivity contribution in [3.8, 4) is 5.75 Å². The molecular formula is C13H19N2O5S2-. The van der Waals surface area contributed by atoms with Crippen LogP contribution in [0.2, 0.25) is 0 Å². The van der Waals surface area contributed by atoms with E-state index in [1.54, 1.807) is 20.8 Å². The molecule has 0 spiro atoms. The van der Waals surface area contributed by atoms with Crippen LogP contribution in [0.25, 0.3) is 5.57 Å². The van der Waals surface area contributed by atoms with Gasteiger partial charge in [-0.3, -0.25) is 4.21 Å². The first kappa shape index (κ1) is 18.6. The SMILES string of the molecule is C=C(C)c1cc(NS(=O)[O-])cc(S(=O)(=O)N(CC)CC)c1O. The molecule has 7 nitrogen and oxygen atoms in total. The van der Waals surface area contributed by atoms with Crippen LogP contribution in [-0.2, 0) is 21.3 Å². The van der Waals surface area contributed by atoms with Gasteiger partial charge in [0.2, 0.25) is 10.0 Å². The Balaban J connectivity index is 3.62. The lowest BCUT2D eigenvalue weighted by Gasteiger charge is -2.21. The topological polar surface area (TPSA) is 110 Å². The van der Waals surface area contributed by atoms with Crippen LogP contribution < -0.4 is 4.72 Å². The minimum Gasteiger partial charge on any atom is -0.755 e. The van der Waals surface area contributed by atoms with Crippen molar-refractivity contribution < 1.29 is 22.3 Å². The van der Waals surface area contributed by atoms with Crippen LogP contribution in [0.5, 0.6) is 5.75 Å². The number of phenolic OH excluding ortho intramolecular Hbond substituents is 1. The number of phenols is 1. The number of hydrogen-bond donors (Lipinski definition) is 2. The minimum absolute atomic E-state index is 0.0369. The van der Waals surface area contributed by atoms with Crippen molar-refractivity contribution in [2.75, 3.05) is 17.8 Å². The number of rotatable bonds is 7. The quantitative estimate of drug-likeness (QED) is 0.576. The molecule has 0 fully saturated rings. The number of hydrogen-bond acceptors (Lipinski definition) is 5. The molecule has 0 aliphatic carbocycles. The predicted octanol–water partition coefficient (Wildman–Crippen LogP) is 1.66. The van der Waals surface area contributed by atoms with Crippen molar-refractivity contribution in [2.45, 2.75) is 25.7 Å². The lowest BCUT2D eigenvalue weighted by atomic mass is 10.1. The molecular weight excluding hydrogens is 328 g/mol. The van der Waals surface area contributed by atoms with Gasteiger partial charge in [-0.15, -0.1) is 0 Å². The van der Waals surface area contributed by atoms with Gasteiger partial charge in [-0.2, -0.15) is 4.31 Å². The summed E-state index contributed by atoms with van der Waals surface area (Å²) >= 11 is -2.61. The van der Waals surface area contributed by atoms with Gasteiger partial charge in [-0.05, 0) is 24.6 Å². The Hall–Kier alpha value is -1.42. The van der Waals surface area contributed by atoms with Gasteiger partial charge in [0.15, 0.2) is 0 Å². The van der Waals surface area contributed by atoms with Crippen molar-refractivity contribution in [2.24, 2.45) is 0 Å². The second-order valence-electron chi connectivity index (χ2n) is 4.58. The van der Waals surface area contributed by atoms with Gasteiger partial charge in [-0.25, -0.2) is 8.42 Å². The number of aromatic hydroxyl groups is 1. The lowest BCUT2D eigenvalue weighted by molar-refractivity contribution is 0.428. The van der Waals surface area contributed by atoms with Gasteiger partial charge < -0.3 is 14.4 Å². The highest BCUT2D eigenvalue weighted by Gasteiger charge is 2.27. The Morgan fingerprint density at radius 3 is 2.36 bits per heavy atom. The second-order valence-corrected chi connectivity index (χ2v) is 7.16. The summed E-state index contributed by atoms with van der Waals surface area (Å²) in [6.07, 6.45) is 0. The molecule has 9 heteroatoms. The van der Waals surface area contributed by atoms with Crippen molar-refractivity contribution in [1.82, 2.24) is 4.31 Å². The highest BCUT2D eigenvalue weighted by Crippen LogP contribution is 2.36. The van der Waals surface area contributed by atoms with Crippen molar-refractivity contribution in [1.29, 1.82) is 0 Å². The smallest absolute Gasteiger partial charge is 0.246 e. The predicted molar refractivity (Wildman–Crippen MR) is 85.5 cm³/mol. The largest absolute Gasteiger partial charge is 0.755 e. The number of benzene rings is 1. The average molecular weight is 347 g/mol. The summed E-state index contributed by atoms with van der Waals surface area (Å²) in [5, 5.41) is 10.2. The third kappa shape index (κ3) is 3.86. The first-order valence-electron chi connectivity index (χ1n) is 6.54. The molecule has 0 radical (unpaired) electrons. The maximum atomic E-state index is 12.6. The monoisotopic (exact) mass is 347 g/mol. The van der Waals surface area contributed by atoms with E-state index in [4.69, 9.17) is 0 Å². The summed E-state index contributed by atoms with van der Waals surface area (Å²) in [6.45, 7) is 9.05. The Morgan fingerprint density at radius 1 is 1.41 bits per heavy atom. The molecule has 0 aliphatic heterocycles. The van der Waals surface area contributed by atoms with Gasteiger partial charge in [0, 0.05) is 35.6 Å². The molecule has 0 heterocycles. The van der Waals surface area contributed by atoms with Crippen LogP contribution in [0.1, 0.15) is 26.3 Å². The van der Waals surface area contributed by atoms with E-state index < -0.39 is 27.0 Å². The molecule has 0 aromatic heterocycles. The van der Waals surface area contributed by atoms with E-state index in [1.807, 2.05) is 0 Å². The highest BCUT2D eigenvalue weighted by molar-refractivity contribution is 7.89. The van der Waals surface area contributed by atoms with Crippen molar-refractivity contribution in [3.63, 3.8) is 0 Å². The Kier molecular flexibility index (Phi) is 6.12. The summed E-state index contributed by atoms with van der Waals surface area (Å²) in [7, 11) is -3.94. The van der Waals surface area contributed by atoms with E-state index in [0.29, 0.717) is 5.57 Å². The Morgan fingerprint density at radius 2 is 1.95 bits per heavy atom. The van der Waals surface area contributed by atoms with Crippen LogP contribution in [0.15, 0.2) is 23.6 Å². The normalized spacial score (nSPS) is 13.1. The maximum absolute atomic E-state index is 12.6. The molecule has 0 saturated carbocycles. The van der Waals surface area contributed by atoms with Crippen molar-refractivity contribution in [3.05, 3.63) is 24.3 Å². The fourth-order valence-corrected chi connectivity index (χ4v) is 3.89. The fraction of sp³-hybridized carbons (Fsp3) is 0.385. The Labute approximate surface area is 133 Å². The number of anilines is 1. The zero-order valence-electron chi connectivity index (χ0n) is 12.6. The zero-order chi connectivity index (χ0) is 17.1. The summed E-state index contributed by atoms with van der Waals surface area (Å²) < 4.78 is 50.0. The van der Waals surface area contributed by atoms with E-state index in [2.05, 4.69) is 11.3 Å². The van der Waals surface area contributed by atoms with Gasteiger partial charge >= 0.3 is 0 Å². The molecule has 1 aromatic carbocycles. The Bertz CT molecular complexity index is 697. The third-order valence-corrected chi connectivity index (χ3v) is 5.52. The molecule has 1 unspecified atom stereocenters. The van der Waals surface area contributed by atoms with Crippen molar-refractivity contribution >= 4 is 32.6 Å². The standard InChI is InChI=1S/C13H20N2O5S2/c1-5-15(6-2)22(19,20)12-8-10(14-21(17)18)7-11(9(3)4)13(12)16/h7-8,14,16H,3,5-6H2,1-2,4H3,(H,17,18)/p-1. The van der Waals surface area contributed by atoms with E-state index >= 15 is 0 Å². The van der Waals surface area contributed by atoms with Crippen LogP contribution in [0.4, 0.5) is 5.69 Å². The summed E-state index contributed by atoms with van der Waals surface area (Å²) in [5.41, 5.74) is 0.616. The first-order chi connectivity index (χ1) is 10.1. The maximum Gasteiger partial charge on any atom is 0.246 e. The fourth-order valence-electron chi connectivity index (χ4n) is 1.99. The molecule has 0 amide bonds. The van der Waals surface area contributed by atoms with Gasteiger partial charge in [0.05, 0.1) is 0 Å². The lowest BCUT2D eigenvalue weighted by Crippen LogP contribution is -2.30. The number of nitrogens with zero attached hydrogens (tertiary/aromatic N) is 1. The van der Waals surface area contributed by atoms with E-state index in [1.165, 1.54) is 10.4 Å². The van der Waals surface area contributed by atoms with Gasteiger partial charge in [-0.1, -0.05) is 20.4 Å². The van der Waals surface area contributed by atoms with Gasteiger partial charge in [0.25, 0.3) is 0 Å². The highest BCUT2D eigenvalue weighted by atomic mass is 32.2. The minimum atomic E-state index is -3.94. The number of allylic oxidation sites excluding steroid dienone is 1. The van der Waals surface area contributed by atoms with Crippen LogP contribution >= 0.6 is 0 Å². The van der Waals surface area contributed by atoms with Crippen LogP contribution in [-0.4, -0.2) is 39.7 Å². The van der Waals surface area contributed by atoms with E-state index in [9.17, 15) is 22.3 Å². The average Bonchev–Trinajstić information content (AvgIpc) is 2.40. The van der Waals surface area contributed by atoms with E-state index in [-0.39, 0.29) is 29.2 Å². The van der Waals surface area contributed by atoms with Crippen LogP contribution in [0.3, 0.4) is 0 Å². The molecule has 0 aliphatic rings. The molecule has 1 rings (SSSR count). The molecule has 124 valence electrons. The van der Waals surface area contributed by atoms with Crippen LogP contribution in [0, 0.1) is 0 Å². The molecule has 0 bridgehead atoms. The summed E-state index contributed by atoms with van der Waals surface area (Å²) in [4.78, 5) is -0.357. The number of nitrogens with one attached hydrogen (secondary N) is 1. The third-order valence-electron chi connectivity index (χ3n) is 3.06. The first-order valence-corrected chi connectivity index (χ1v) is 9.05. The molecule has 0 saturated heterocycles. The summed E-state index contributed by atoms with van der Waals surface area (Å²) in [6, 6.07) is 2.42. The zero-order valence-corrected chi connectivity index (χ0v) is 14.3. The second kappa shape index (κ2) is 7.23. The molecule has 1 atom stereocenters. The summed E-state index contributed by atoms with van der Waals surface area (Å²) in [5.74, 6) is -0.443. The molecule has 1 aromatic rings. The van der Waals surface area contributed by atoms with E-state index in [0.717, 1.165) is 6.07 Å². The number of sulfonamides is 1. The van der Waals surface area contributed by atoms with Gasteiger partial charge in [0.1, 0.15) is 10.6 Å².